The van der Waals surface area contributed by atoms with E-state index in [2.05, 4.69) is 64.8 Å². The summed E-state index contributed by atoms with van der Waals surface area (Å²) in [6, 6.07) is 6.95. The molecule has 0 fully saturated rings. The zero-order chi connectivity index (χ0) is 15.0. The van der Waals surface area contributed by atoms with Crippen molar-refractivity contribution in [2.45, 2.75) is 33.0 Å². The van der Waals surface area contributed by atoms with Crippen molar-refractivity contribution in [2.75, 3.05) is 19.7 Å². The molecule has 0 aliphatic rings. The molecule has 3 nitrogen and oxygen atoms in total. The number of hydrogen-bond acceptors (Lipinski definition) is 3. The van der Waals surface area contributed by atoms with Crippen LogP contribution < -0.4 is 5.32 Å². The highest BCUT2D eigenvalue weighted by Crippen LogP contribution is 2.20. The van der Waals surface area contributed by atoms with Crippen LogP contribution in [0.5, 0.6) is 0 Å². The summed E-state index contributed by atoms with van der Waals surface area (Å²) >= 11 is 3.64. The Kier molecular flexibility index (Phi) is 8.07. The van der Waals surface area contributed by atoms with E-state index in [1.165, 1.54) is 11.1 Å². The number of halogens is 1. The lowest BCUT2D eigenvalue weighted by molar-refractivity contribution is 0.203. The predicted molar refractivity (Wildman–Crippen MR) is 88.7 cm³/mol. The summed E-state index contributed by atoms with van der Waals surface area (Å²) < 4.78 is 1.12. The minimum Gasteiger partial charge on any atom is -0.395 e. The number of nitrogens with one attached hydrogen (secondary N) is 1. The van der Waals surface area contributed by atoms with E-state index in [4.69, 9.17) is 5.11 Å². The van der Waals surface area contributed by atoms with Crippen molar-refractivity contribution in [3.8, 4) is 0 Å². The van der Waals surface area contributed by atoms with Crippen LogP contribution in [0.1, 0.15) is 25.0 Å². The van der Waals surface area contributed by atoms with Gasteiger partial charge in [0.25, 0.3) is 0 Å². The first-order valence-corrected chi connectivity index (χ1v) is 7.81. The van der Waals surface area contributed by atoms with Crippen LogP contribution in [0.2, 0.25) is 0 Å². The lowest BCUT2D eigenvalue weighted by atomic mass is 10.1. The summed E-state index contributed by atoms with van der Waals surface area (Å²) in [4.78, 5) is 2.17. The van der Waals surface area contributed by atoms with Crippen LogP contribution >= 0.6 is 15.9 Å². The van der Waals surface area contributed by atoms with Gasteiger partial charge in [-0.3, -0.25) is 4.90 Å². The van der Waals surface area contributed by atoms with Gasteiger partial charge in [0, 0.05) is 36.7 Å². The average Bonchev–Trinajstić information content (AvgIpc) is 2.39. The topological polar surface area (TPSA) is 35.5 Å². The number of benzene rings is 1. The van der Waals surface area contributed by atoms with Crippen molar-refractivity contribution in [3.63, 3.8) is 0 Å². The quantitative estimate of drug-likeness (QED) is 0.678. The van der Waals surface area contributed by atoms with Gasteiger partial charge in [-0.05, 0) is 17.2 Å². The predicted octanol–water partition coefficient (Wildman–Crippen LogP) is 2.93. The first kappa shape index (κ1) is 17.4. The fourth-order valence-corrected chi connectivity index (χ4v) is 2.50. The molecule has 0 amide bonds. The van der Waals surface area contributed by atoms with Crippen LogP contribution in [0, 0.1) is 0 Å². The van der Waals surface area contributed by atoms with Crippen molar-refractivity contribution in [1.29, 1.82) is 0 Å². The summed E-state index contributed by atoms with van der Waals surface area (Å²) in [5, 5.41) is 12.5. The van der Waals surface area contributed by atoms with Crippen molar-refractivity contribution in [3.05, 3.63) is 46.5 Å². The lowest BCUT2D eigenvalue weighted by Gasteiger charge is -2.20. The van der Waals surface area contributed by atoms with E-state index < -0.39 is 0 Å². The maximum absolute atomic E-state index is 9.08. The highest BCUT2D eigenvalue weighted by Gasteiger charge is 2.07. The van der Waals surface area contributed by atoms with Crippen molar-refractivity contribution in [2.24, 2.45) is 0 Å². The van der Waals surface area contributed by atoms with E-state index >= 15 is 0 Å². The minimum atomic E-state index is 0.169. The molecule has 0 saturated heterocycles. The van der Waals surface area contributed by atoms with E-state index in [0.717, 1.165) is 24.1 Å². The van der Waals surface area contributed by atoms with Gasteiger partial charge in [0.15, 0.2) is 0 Å². The standard InChI is InChI=1S/C16H25BrN2O/c1-4-7-19(8-9-20)12-15-6-5-14(10-16(15)17)11-18-13(2)3/h4-6,10,13,18,20H,1,7-9,11-12H2,2-3H3. The molecule has 4 heteroatoms. The third-order valence-electron chi connectivity index (χ3n) is 3.03. The first-order valence-electron chi connectivity index (χ1n) is 7.01. The van der Waals surface area contributed by atoms with E-state index in [0.29, 0.717) is 12.6 Å². The summed E-state index contributed by atoms with van der Waals surface area (Å²) in [5.74, 6) is 0. The first-order chi connectivity index (χ1) is 9.56. The molecule has 20 heavy (non-hydrogen) atoms. The molecule has 0 unspecified atom stereocenters. The van der Waals surface area contributed by atoms with Gasteiger partial charge >= 0.3 is 0 Å². The van der Waals surface area contributed by atoms with Crippen LogP contribution in [-0.2, 0) is 13.1 Å². The number of rotatable bonds is 9. The number of aliphatic hydroxyl groups excluding tert-OH is 1. The molecule has 0 aliphatic heterocycles. The monoisotopic (exact) mass is 340 g/mol. The average molecular weight is 341 g/mol. The van der Waals surface area contributed by atoms with Crippen molar-refractivity contribution < 1.29 is 5.11 Å². The maximum Gasteiger partial charge on any atom is 0.0558 e. The van der Waals surface area contributed by atoms with Gasteiger partial charge < -0.3 is 10.4 Å². The Morgan fingerprint density at radius 1 is 1.45 bits per heavy atom. The fraction of sp³-hybridized carbons (Fsp3) is 0.500. The summed E-state index contributed by atoms with van der Waals surface area (Å²) in [7, 11) is 0. The second-order valence-corrected chi connectivity index (χ2v) is 6.06. The molecule has 0 bridgehead atoms. The molecule has 1 aromatic carbocycles. The molecule has 0 aliphatic carbocycles. The molecule has 1 rings (SSSR count). The summed E-state index contributed by atoms with van der Waals surface area (Å²) in [5.41, 5.74) is 2.50. The molecular formula is C16H25BrN2O. The summed E-state index contributed by atoms with van der Waals surface area (Å²) in [6.45, 7) is 11.3. The van der Waals surface area contributed by atoms with Crippen LogP contribution in [0.15, 0.2) is 35.3 Å². The molecule has 0 saturated carbocycles. The molecule has 0 atom stereocenters. The molecule has 0 spiro atoms. The van der Waals surface area contributed by atoms with E-state index in [1.54, 1.807) is 0 Å². The largest absolute Gasteiger partial charge is 0.395 e. The highest BCUT2D eigenvalue weighted by molar-refractivity contribution is 9.10. The maximum atomic E-state index is 9.08. The Labute approximate surface area is 130 Å². The minimum absolute atomic E-state index is 0.169. The smallest absolute Gasteiger partial charge is 0.0558 e. The van der Waals surface area contributed by atoms with Gasteiger partial charge in [-0.15, -0.1) is 6.58 Å². The zero-order valence-electron chi connectivity index (χ0n) is 12.4. The van der Waals surface area contributed by atoms with Crippen molar-refractivity contribution >= 4 is 15.9 Å². The SMILES string of the molecule is C=CCN(CCO)Cc1ccc(CNC(C)C)cc1Br. The molecule has 0 radical (unpaired) electrons. The van der Waals surface area contributed by atoms with E-state index in [1.807, 2.05) is 6.08 Å². The third kappa shape index (κ3) is 6.18. The Bertz CT molecular complexity index is 421. The van der Waals surface area contributed by atoms with E-state index in [-0.39, 0.29) is 6.61 Å². The Morgan fingerprint density at radius 3 is 2.75 bits per heavy atom. The molecule has 0 heterocycles. The van der Waals surface area contributed by atoms with E-state index in [9.17, 15) is 0 Å². The van der Waals surface area contributed by atoms with Gasteiger partial charge in [0.1, 0.15) is 0 Å². The van der Waals surface area contributed by atoms with Crippen LogP contribution in [0.4, 0.5) is 0 Å². The summed E-state index contributed by atoms with van der Waals surface area (Å²) in [6.07, 6.45) is 1.87. The normalized spacial score (nSPS) is 11.3. The molecule has 1 aromatic rings. The Morgan fingerprint density at radius 2 is 2.20 bits per heavy atom. The molecule has 0 aromatic heterocycles. The van der Waals surface area contributed by atoms with Gasteiger partial charge in [-0.25, -0.2) is 0 Å². The van der Waals surface area contributed by atoms with Crippen molar-refractivity contribution in [1.82, 2.24) is 10.2 Å². The number of aliphatic hydroxyl groups is 1. The van der Waals surface area contributed by atoms with Crippen LogP contribution in [-0.4, -0.2) is 35.7 Å². The highest BCUT2D eigenvalue weighted by atomic mass is 79.9. The fourth-order valence-electron chi connectivity index (χ4n) is 1.95. The van der Waals surface area contributed by atoms with Crippen LogP contribution in [0.3, 0.4) is 0 Å². The van der Waals surface area contributed by atoms with Gasteiger partial charge in [-0.1, -0.05) is 48.0 Å². The second kappa shape index (κ2) is 9.29. The number of nitrogens with zero attached hydrogens (tertiary/aromatic N) is 1. The second-order valence-electron chi connectivity index (χ2n) is 5.21. The molecule has 112 valence electrons. The Hall–Kier alpha value is -0.680. The molecule has 2 N–H and O–H groups in total. The van der Waals surface area contributed by atoms with Crippen LogP contribution in [0.25, 0.3) is 0 Å². The Balaban J connectivity index is 2.68. The van der Waals surface area contributed by atoms with Gasteiger partial charge in [-0.2, -0.15) is 0 Å². The third-order valence-corrected chi connectivity index (χ3v) is 3.77. The zero-order valence-corrected chi connectivity index (χ0v) is 14.0. The lowest BCUT2D eigenvalue weighted by Crippen LogP contribution is -2.26. The number of hydrogen-bond donors (Lipinski definition) is 2. The van der Waals surface area contributed by atoms with Gasteiger partial charge in [0.2, 0.25) is 0 Å². The van der Waals surface area contributed by atoms with Gasteiger partial charge in [0.05, 0.1) is 6.61 Å². The molecular weight excluding hydrogens is 316 g/mol.